The highest BCUT2D eigenvalue weighted by atomic mass is 32.2. The van der Waals surface area contributed by atoms with Crippen molar-refractivity contribution in [2.75, 3.05) is 0 Å². The summed E-state index contributed by atoms with van der Waals surface area (Å²) >= 11 is 5.14. The predicted octanol–water partition coefficient (Wildman–Crippen LogP) is 7.04. The third kappa shape index (κ3) is 4.43. The molecule has 0 fully saturated rings. The van der Waals surface area contributed by atoms with E-state index in [2.05, 4.69) is 83.2 Å². The number of allylic oxidation sites excluding steroid dienone is 1. The van der Waals surface area contributed by atoms with E-state index in [-0.39, 0.29) is 0 Å². The van der Waals surface area contributed by atoms with Crippen LogP contribution in [-0.4, -0.2) is 19.7 Å². The molecule has 7 heteroatoms. The van der Waals surface area contributed by atoms with Gasteiger partial charge in [-0.3, -0.25) is 4.57 Å². The quantitative estimate of drug-likeness (QED) is 0.212. The van der Waals surface area contributed by atoms with Crippen molar-refractivity contribution in [2.45, 2.75) is 44.1 Å². The van der Waals surface area contributed by atoms with Crippen LogP contribution in [0.1, 0.15) is 35.9 Å². The van der Waals surface area contributed by atoms with Crippen molar-refractivity contribution < 1.29 is 0 Å². The van der Waals surface area contributed by atoms with Crippen LogP contribution in [0.4, 0.5) is 0 Å². The molecule has 0 atom stereocenters. The second-order valence-corrected chi connectivity index (χ2v) is 10.1. The van der Waals surface area contributed by atoms with Crippen molar-refractivity contribution in [2.24, 2.45) is 0 Å². The van der Waals surface area contributed by atoms with Gasteiger partial charge < -0.3 is 0 Å². The van der Waals surface area contributed by atoms with E-state index in [1.54, 1.807) is 34.4 Å². The molecule has 0 aliphatic heterocycles. The number of hydrogen-bond acceptors (Lipinski definition) is 6. The number of hydrogen-bond donors (Lipinski definition) is 0. The van der Waals surface area contributed by atoms with Gasteiger partial charge in [0.1, 0.15) is 5.01 Å². The van der Waals surface area contributed by atoms with Crippen molar-refractivity contribution in [3.63, 3.8) is 0 Å². The van der Waals surface area contributed by atoms with Gasteiger partial charge in [0.2, 0.25) is 0 Å². The predicted molar refractivity (Wildman–Crippen MR) is 129 cm³/mol. The molecule has 0 N–H and O–H groups in total. The Kier molecular flexibility index (Phi) is 6.51. The minimum atomic E-state index is 0.514. The average Bonchev–Trinajstić information content (AvgIpc) is 3.47. The van der Waals surface area contributed by atoms with Crippen LogP contribution in [0, 0.1) is 6.92 Å². The molecule has 0 amide bonds. The van der Waals surface area contributed by atoms with Gasteiger partial charge in [-0.1, -0.05) is 56.0 Å². The Hall–Kier alpha value is -2.22. The molecule has 0 radical (unpaired) electrons. The number of thiophene rings is 1. The fourth-order valence-electron chi connectivity index (χ4n) is 3.12. The summed E-state index contributed by atoms with van der Waals surface area (Å²) in [5, 5.41) is 15.2. The lowest BCUT2D eigenvalue weighted by molar-refractivity contribution is 0.731. The van der Waals surface area contributed by atoms with Crippen molar-refractivity contribution in [3.8, 4) is 22.0 Å². The normalized spacial score (nSPS) is 11.3. The largest absolute Gasteiger partial charge is 0.298 e. The van der Waals surface area contributed by atoms with E-state index in [1.165, 1.54) is 16.0 Å². The maximum Gasteiger partial charge on any atom is 0.192 e. The first-order chi connectivity index (χ1) is 14.6. The Morgan fingerprint density at radius 3 is 2.73 bits per heavy atom. The molecule has 3 aromatic heterocycles. The van der Waals surface area contributed by atoms with E-state index in [4.69, 9.17) is 4.98 Å². The molecule has 0 spiro atoms. The standard InChI is InChI=1S/C23H24N4S3/c1-5-10-27-21(17-11-20(15(2)3)28-12-17)25-26-23(27)30-14-18-13-29-22(24-18)19-9-7-6-8-16(19)4/h5-9,11-13,15H,1,10,14H2,2-4H3. The zero-order valence-corrected chi connectivity index (χ0v) is 19.8. The molecule has 0 bridgehead atoms. The van der Waals surface area contributed by atoms with Crippen LogP contribution in [-0.2, 0) is 12.3 Å². The first-order valence-electron chi connectivity index (χ1n) is 9.83. The Balaban J connectivity index is 1.53. The van der Waals surface area contributed by atoms with Crippen molar-refractivity contribution in [1.29, 1.82) is 0 Å². The highest BCUT2D eigenvalue weighted by Gasteiger charge is 2.16. The highest BCUT2D eigenvalue weighted by molar-refractivity contribution is 7.98. The zero-order chi connectivity index (χ0) is 21.1. The summed E-state index contributed by atoms with van der Waals surface area (Å²) in [5.74, 6) is 2.18. The second kappa shape index (κ2) is 9.29. The number of thiazole rings is 1. The summed E-state index contributed by atoms with van der Waals surface area (Å²) in [6.45, 7) is 11.1. The zero-order valence-electron chi connectivity index (χ0n) is 17.3. The molecule has 4 rings (SSSR count). The molecule has 4 aromatic rings. The number of aryl methyl sites for hydroxylation is 1. The van der Waals surface area contributed by atoms with Crippen molar-refractivity contribution in [3.05, 3.63) is 69.9 Å². The second-order valence-electron chi connectivity index (χ2n) is 7.35. The Labute approximate surface area is 189 Å². The van der Waals surface area contributed by atoms with E-state index in [0.717, 1.165) is 33.0 Å². The van der Waals surface area contributed by atoms with Gasteiger partial charge >= 0.3 is 0 Å². The molecule has 3 heterocycles. The average molecular weight is 453 g/mol. The SMILES string of the molecule is C=CCn1c(SCc2csc(-c3ccccc3C)n2)nnc1-c1csc(C(C)C)c1. The van der Waals surface area contributed by atoms with Crippen molar-refractivity contribution in [1.82, 2.24) is 19.7 Å². The topological polar surface area (TPSA) is 43.6 Å². The summed E-state index contributed by atoms with van der Waals surface area (Å²) in [6.07, 6.45) is 1.89. The molecular formula is C23H24N4S3. The Morgan fingerprint density at radius 2 is 2.00 bits per heavy atom. The van der Waals surface area contributed by atoms with E-state index in [1.807, 2.05) is 6.08 Å². The summed E-state index contributed by atoms with van der Waals surface area (Å²) in [5.41, 5.74) is 4.64. The number of thioether (sulfide) groups is 1. The number of rotatable bonds is 8. The fraction of sp³-hybridized carbons (Fsp3) is 0.261. The third-order valence-electron chi connectivity index (χ3n) is 4.75. The molecule has 30 heavy (non-hydrogen) atoms. The number of nitrogens with zero attached hydrogens (tertiary/aromatic N) is 4. The van der Waals surface area contributed by atoms with Gasteiger partial charge in [-0.05, 0) is 24.5 Å². The summed E-state index contributed by atoms with van der Waals surface area (Å²) < 4.78 is 2.14. The molecular weight excluding hydrogens is 428 g/mol. The molecule has 0 saturated carbocycles. The van der Waals surface area contributed by atoms with E-state index >= 15 is 0 Å². The first-order valence-corrected chi connectivity index (χ1v) is 12.6. The van der Waals surface area contributed by atoms with E-state index < -0.39 is 0 Å². The van der Waals surface area contributed by atoms with Crippen LogP contribution < -0.4 is 0 Å². The maximum atomic E-state index is 4.84. The van der Waals surface area contributed by atoms with Crippen LogP contribution >= 0.6 is 34.4 Å². The number of aromatic nitrogens is 4. The highest BCUT2D eigenvalue weighted by Crippen LogP contribution is 2.33. The number of benzene rings is 1. The van der Waals surface area contributed by atoms with Gasteiger partial charge in [-0.15, -0.1) is 39.4 Å². The molecule has 0 aliphatic rings. The molecule has 1 aromatic carbocycles. The molecule has 4 nitrogen and oxygen atoms in total. The van der Waals surface area contributed by atoms with Crippen LogP contribution in [0.25, 0.3) is 22.0 Å². The van der Waals surface area contributed by atoms with Gasteiger partial charge in [0.05, 0.1) is 5.69 Å². The van der Waals surface area contributed by atoms with Crippen LogP contribution in [0.2, 0.25) is 0 Å². The van der Waals surface area contributed by atoms with Gasteiger partial charge in [0.25, 0.3) is 0 Å². The smallest absolute Gasteiger partial charge is 0.192 e. The van der Waals surface area contributed by atoms with E-state index in [0.29, 0.717) is 12.5 Å². The van der Waals surface area contributed by atoms with Gasteiger partial charge in [0.15, 0.2) is 11.0 Å². The minimum absolute atomic E-state index is 0.514. The fourth-order valence-corrected chi connectivity index (χ4v) is 5.88. The monoisotopic (exact) mass is 452 g/mol. The van der Waals surface area contributed by atoms with Crippen LogP contribution in [0.5, 0.6) is 0 Å². The van der Waals surface area contributed by atoms with Crippen molar-refractivity contribution >= 4 is 34.4 Å². The Morgan fingerprint density at radius 1 is 1.17 bits per heavy atom. The minimum Gasteiger partial charge on any atom is -0.298 e. The summed E-state index contributed by atoms with van der Waals surface area (Å²) in [4.78, 5) is 6.20. The third-order valence-corrected chi connectivity index (χ3v) is 7.91. The molecule has 154 valence electrons. The summed E-state index contributed by atoms with van der Waals surface area (Å²) in [7, 11) is 0. The van der Waals surface area contributed by atoms with Gasteiger partial charge in [-0.25, -0.2) is 4.98 Å². The molecule has 0 unspecified atom stereocenters. The first kappa shape index (κ1) is 21.0. The lowest BCUT2D eigenvalue weighted by Gasteiger charge is -2.06. The van der Waals surface area contributed by atoms with E-state index in [9.17, 15) is 0 Å². The van der Waals surface area contributed by atoms with Crippen LogP contribution in [0.3, 0.4) is 0 Å². The lowest BCUT2D eigenvalue weighted by atomic mass is 10.1. The lowest BCUT2D eigenvalue weighted by Crippen LogP contribution is -2.00. The molecule has 0 aliphatic carbocycles. The maximum absolute atomic E-state index is 4.84. The van der Waals surface area contributed by atoms with Gasteiger partial charge in [0, 0.05) is 39.1 Å². The van der Waals surface area contributed by atoms with Crippen LogP contribution in [0.15, 0.2) is 58.9 Å². The summed E-state index contributed by atoms with van der Waals surface area (Å²) in [6, 6.07) is 10.6. The van der Waals surface area contributed by atoms with Gasteiger partial charge in [-0.2, -0.15) is 0 Å². The Bertz CT molecular complexity index is 1150. The molecule has 0 saturated heterocycles.